The van der Waals surface area contributed by atoms with E-state index in [2.05, 4.69) is 0 Å². The largest absolute Gasteiger partial charge is 0.622 e. The maximum Gasteiger partial charge on any atom is 0.365 e. The van der Waals surface area contributed by atoms with Crippen LogP contribution in [-0.2, 0) is 14.3 Å². The summed E-state index contributed by atoms with van der Waals surface area (Å²) >= 11 is 0. The zero-order chi connectivity index (χ0) is 17.9. The topological polar surface area (TPSA) is 124 Å². The Kier molecular flexibility index (Phi) is 4.86. The molecule has 0 spiro atoms. The van der Waals surface area contributed by atoms with Crippen LogP contribution in [0.3, 0.4) is 0 Å². The van der Waals surface area contributed by atoms with Gasteiger partial charge in [-0.15, -0.1) is 0 Å². The second-order valence-electron chi connectivity index (χ2n) is 5.54. The fourth-order valence-corrected chi connectivity index (χ4v) is 1.93. The molecule has 1 aromatic rings. The van der Waals surface area contributed by atoms with Gasteiger partial charge >= 0.3 is 17.7 Å². The van der Waals surface area contributed by atoms with Gasteiger partial charge in [0.1, 0.15) is 0 Å². The highest BCUT2D eigenvalue weighted by atomic mass is 19.1. The molecule has 0 aromatic carbocycles. The number of nitrogens with one attached hydrogen (secondary N) is 2. The molecule has 0 radical (unpaired) electrons. The van der Waals surface area contributed by atoms with Gasteiger partial charge in [-0.25, -0.2) is 14.0 Å². The minimum absolute atomic E-state index is 0.0446. The molecule has 1 aliphatic rings. The number of halogens is 1. The monoisotopic (exact) mass is 341 g/mol. The Morgan fingerprint density at radius 1 is 1.58 bits per heavy atom. The van der Waals surface area contributed by atoms with Crippen LogP contribution >= 0.6 is 0 Å². The highest BCUT2D eigenvalue weighted by Gasteiger charge is 2.64. The van der Waals surface area contributed by atoms with Crippen molar-refractivity contribution in [1.82, 2.24) is 10.6 Å². The van der Waals surface area contributed by atoms with Crippen LogP contribution in [0.2, 0.25) is 0 Å². The van der Waals surface area contributed by atoms with Crippen LogP contribution in [0.5, 0.6) is 0 Å². The zero-order valence-corrected chi connectivity index (χ0v) is 12.9. The molecule has 2 heterocycles. The summed E-state index contributed by atoms with van der Waals surface area (Å²) in [6.45, 7) is 3.27. The van der Waals surface area contributed by atoms with Gasteiger partial charge in [0.2, 0.25) is 6.21 Å². The van der Waals surface area contributed by atoms with E-state index in [4.69, 9.17) is 9.15 Å². The number of amides is 3. The van der Waals surface area contributed by atoms with Crippen molar-refractivity contribution in [3.8, 4) is 0 Å². The maximum atomic E-state index is 15.1. The summed E-state index contributed by atoms with van der Waals surface area (Å²) in [5.41, 5.74) is -3.41. The van der Waals surface area contributed by atoms with Crippen molar-refractivity contribution in [2.75, 3.05) is 6.61 Å². The Balaban J connectivity index is 2.34. The van der Waals surface area contributed by atoms with Gasteiger partial charge in [-0.1, -0.05) is 13.8 Å². The molecule has 1 saturated heterocycles. The lowest BCUT2D eigenvalue weighted by Crippen LogP contribution is -2.72. The number of carbonyl (C=O) groups is 3. The van der Waals surface area contributed by atoms with E-state index >= 15 is 4.39 Å². The third kappa shape index (κ3) is 3.36. The van der Waals surface area contributed by atoms with Gasteiger partial charge in [0.05, 0.1) is 12.9 Å². The number of furan rings is 1. The molecule has 0 bridgehead atoms. The fraction of sp³-hybridized carbons (Fsp3) is 0.429. The van der Waals surface area contributed by atoms with Gasteiger partial charge in [-0.3, -0.25) is 15.4 Å². The minimum Gasteiger partial charge on any atom is -0.622 e. The summed E-state index contributed by atoms with van der Waals surface area (Å²) in [7, 11) is 0. The van der Waals surface area contributed by atoms with Gasteiger partial charge in [0.25, 0.3) is 12.1 Å². The number of hydroxylamine groups is 1. The zero-order valence-electron chi connectivity index (χ0n) is 12.9. The smallest absolute Gasteiger partial charge is 0.365 e. The summed E-state index contributed by atoms with van der Waals surface area (Å²) in [6, 6.07) is 1.77. The second kappa shape index (κ2) is 6.69. The highest BCUT2D eigenvalue weighted by molar-refractivity contribution is 6.14. The molecule has 130 valence electrons. The maximum absolute atomic E-state index is 15.1. The van der Waals surface area contributed by atoms with Gasteiger partial charge in [-0.2, -0.15) is 4.74 Å². The molecule has 24 heavy (non-hydrogen) atoms. The molecule has 10 heteroatoms. The van der Waals surface area contributed by atoms with Crippen molar-refractivity contribution in [1.29, 1.82) is 0 Å². The third-order valence-corrected chi connectivity index (χ3v) is 3.10. The number of urea groups is 1. The molecule has 2 N–H and O–H groups in total. The minimum atomic E-state index is -3.41. The number of ether oxygens (including phenoxy) is 1. The fourth-order valence-electron chi connectivity index (χ4n) is 1.93. The number of carbonyl (C=O) groups excluding carboxylic acids is 3. The lowest BCUT2D eigenvalue weighted by molar-refractivity contribution is -0.515. The first-order chi connectivity index (χ1) is 11.2. The molecule has 1 aromatic heterocycles. The molecule has 2 rings (SSSR count). The summed E-state index contributed by atoms with van der Waals surface area (Å²) in [4.78, 5) is 35.3. The van der Waals surface area contributed by atoms with E-state index in [-0.39, 0.29) is 23.0 Å². The van der Waals surface area contributed by atoms with E-state index in [0.29, 0.717) is 0 Å². The van der Waals surface area contributed by atoms with Gasteiger partial charge in [-0.05, 0) is 18.1 Å². The van der Waals surface area contributed by atoms with E-state index in [1.807, 2.05) is 5.32 Å². The Hall–Kier alpha value is -2.91. The molecule has 2 atom stereocenters. The first kappa shape index (κ1) is 17.4. The Morgan fingerprint density at radius 3 is 2.88 bits per heavy atom. The van der Waals surface area contributed by atoms with Crippen LogP contribution in [0.25, 0.3) is 0 Å². The second-order valence-corrected chi connectivity index (χ2v) is 5.54. The predicted molar refractivity (Wildman–Crippen MR) is 77.6 cm³/mol. The van der Waals surface area contributed by atoms with Crippen molar-refractivity contribution in [3.05, 3.63) is 29.4 Å². The van der Waals surface area contributed by atoms with E-state index in [9.17, 15) is 19.6 Å². The highest BCUT2D eigenvalue weighted by Crippen LogP contribution is 2.23. The predicted octanol–water partition coefficient (Wildman–Crippen LogP) is 0.282. The average molecular weight is 341 g/mol. The summed E-state index contributed by atoms with van der Waals surface area (Å²) in [5.74, 6) is -3.20. The quantitative estimate of drug-likeness (QED) is 0.198. The molecule has 9 nitrogen and oxygen atoms in total. The van der Waals surface area contributed by atoms with Crippen LogP contribution in [-0.4, -0.2) is 47.3 Å². The molecular weight excluding hydrogens is 325 g/mol. The Morgan fingerprint density at radius 2 is 2.29 bits per heavy atom. The average Bonchev–Trinajstić information content (AvgIpc) is 3.01. The molecule has 0 aliphatic carbocycles. The number of imide groups is 1. The van der Waals surface area contributed by atoms with Crippen LogP contribution in [0.4, 0.5) is 9.18 Å². The van der Waals surface area contributed by atoms with E-state index in [0.717, 1.165) is 6.21 Å². The number of esters is 1. The first-order valence-corrected chi connectivity index (χ1v) is 7.07. The molecule has 1 fully saturated rings. The normalized spacial score (nSPS) is 24.5. The SMILES string of the molecule is CC(C)COC(=O)C1(F)C(=O)NC(=O)NC1[N+]([O-])=Cc1ccco1. The van der Waals surface area contributed by atoms with Crippen molar-refractivity contribution < 1.29 is 32.7 Å². The number of hydrogen-bond donors (Lipinski definition) is 2. The molecule has 3 amide bonds. The number of nitrogens with zero attached hydrogens (tertiary/aromatic N) is 1. The molecule has 0 saturated carbocycles. The number of hydrogen-bond acceptors (Lipinski definition) is 6. The summed E-state index contributed by atoms with van der Waals surface area (Å²) in [5, 5.41) is 15.7. The summed E-state index contributed by atoms with van der Waals surface area (Å²) < 4.78 is 24.7. The van der Waals surface area contributed by atoms with Crippen molar-refractivity contribution >= 4 is 24.1 Å². The van der Waals surface area contributed by atoms with Gasteiger partial charge < -0.3 is 14.4 Å². The third-order valence-electron chi connectivity index (χ3n) is 3.10. The molecule has 2 unspecified atom stereocenters. The number of alkyl halides is 1. The van der Waals surface area contributed by atoms with Gasteiger partial charge in [0.15, 0.2) is 5.76 Å². The van der Waals surface area contributed by atoms with Crippen molar-refractivity contribution in [3.63, 3.8) is 0 Å². The van der Waals surface area contributed by atoms with Gasteiger partial charge in [0, 0.05) is 0 Å². The van der Waals surface area contributed by atoms with E-state index in [1.54, 1.807) is 19.2 Å². The number of rotatable bonds is 5. The van der Waals surface area contributed by atoms with Crippen molar-refractivity contribution in [2.45, 2.75) is 25.7 Å². The van der Waals surface area contributed by atoms with E-state index < -0.39 is 29.7 Å². The van der Waals surface area contributed by atoms with Crippen LogP contribution in [0, 0.1) is 11.1 Å². The summed E-state index contributed by atoms with van der Waals surface area (Å²) in [6.07, 6.45) is -0.0672. The van der Waals surface area contributed by atoms with Crippen LogP contribution in [0.1, 0.15) is 19.6 Å². The van der Waals surface area contributed by atoms with E-state index in [1.165, 1.54) is 18.4 Å². The first-order valence-electron chi connectivity index (χ1n) is 7.07. The molecule has 1 aliphatic heterocycles. The lowest BCUT2D eigenvalue weighted by atomic mass is 9.99. The Bertz CT molecular complexity index is 672. The lowest BCUT2D eigenvalue weighted by Gasteiger charge is -2.32. The van der Waals surface area contributed by atoms with Crippen molar-refractivity contribution in [2.24, 2.45) is 5.92 Å². The van der Waals surface area contributed by atoms with Crippen LogP contribution < -0.4 is 10.6 Å². The Labute approximate surface area is 136 Å². The molecular formula is C14H16FN3O6. The standard InChI is InChI=1S/C14H16FN3O6/c1-8(2)7-24-12(20)14(15)10(16-13(21)17-11(14)19)18(22)6-9-4-3-5-23-9/h3-6,8,10H,7H2,1-2H3,(H2,16,17,19,21). The van der Waals surface area contributed by atoms with Crippen LogP contribution in [0.15, 0.2) is 22.8 Å².